The number of allylic oxidation sites excluding steroid dienone is 3. The highest BCUT2D eigenvalue weighted by molar-refractivity contribution is 6.09. The molecule has 3 aliphatic carbocycles. The van der Waals surface area contributed by atoms with E-state index in [1.165, 1.54) is 49.0 Å². The molecule has 1 heterocycles. The molecule has 3 aromatic rings. The summed E-state index contributed by atoms with van der Waals surface area (Å²) in [6.45, 7) is 0. The van der Waals surface area contributed by atoms with Crippen LogP contribution in [0, 0.1) is 0 Å². The van der Waals surface area contributed by atoms with E-state index < -0.39 is 0 Å². The summed E-state index contributed by atoms with van der Waals surface area (Å²) >= 11 is 0. The zero-order valence-corrected chi connectivity index (χ0v) is 12.8. The maximum absolute atomic E-state index is 5.07. The molecule has 0 amide bonds. The molecule has 108 valence electrons. The van der Waals surface area contributed by atoms with E-state index >= 15 is 0 Å². The fourth-order valence-corrected chi connectivity index (χ4v) is 4.40. The summed E-state index contributed by atoms with van der Waals surface area (Å²) < 4.78 is 0. The zero-order valence-electron chi connectivity index (χ0n) is 12.8. The molecule has 0 aliphatic heterocycles. The van der Waals surface area contributed by atoms with Gasteiger partial charge in [0.25, 0.3) is 0 Å². The summed E-state index contributed by atoms with van der Waals surface area (Å²) in [6.07, 6.45) is 14.4. The second-order valence-corrected chi connectivity index (χ2v) is 6.74. The molecule has 0 saturated heterocycles. The fourth-order valence-electron chi connectivity index (χ4n) is 4.40. The Hall–Kier alpha value is -2.67. The van der Waals surface area contributed by atoms with Crippen LogP contribution in [-0.4, -0.2) is 4.98 Å². The van der Waals surface area contributed by atoms with Gasteiger partial charge >= 0.3 is 0 Å². The average Bonchev–Trinajstić information content (AvgIpc) is 3.02. The van der Waals surface area contributed by atoms with Crippen molar-refractivity contribution >= 4 is 39.4 Å². The Morgan fingerprint density at radius 2 is 1.96 bits per heavy atom. The van der Waals surface area contributed by atoms with E-state index in [9.17, 15) is 0 Å². The molecule has 0 radical (unpaired) electrons. The third-order valence-corrected chi connectivity index (χ3v) is 5.50. The largest absolute Gasteiger partial charge is 0.252 e. The second kappa shape index (κ2) is 3.99. The molecule has 0 fully saturated rings. The smallest absolute Gasteiger partial charge is 0.0715 e. The van der Waals surface area contributed by atoms with Crippen LogP contribution in [0.2, 0.25) is 0 Å². The molecular formula is C22H15N. The van der Waals surface area contributed by atoms with Crippen molar-refractivity contribution in [1.29, 1.82) is 0 Å². The first-order valence-corrected chi connectivity index (χ1v) is 8.35. The SMILES string of the molecule is C1=CCc2cc3nc4c5c6c(ccc5c3cc2=C1)C=CC=6CC4. The van der Waals surface area contributed by atoms with Gasteiger partial charge in [0.2, 0.25) is 0 Å². The molecule has 0 saturated carbocycles. The lowest BCUT2D eigenvalue weighted by Gasteiger charge is -2.17. The Kier molecular flexibility index (Phi) is 2.06. The molecule has 0 N–H and O–H groups in total. The molecule has 2 aromatic carbocycles. The lowest BCUT2D eigenvalue weighted by molar-refractivity contribution is 0.968. The summed E-state index contributed by atoms with van der Waals surface area (Å²) in [5, 5.41) is 6.85. The maximum Gasteiger partial charge on any atom is 0.0715 e. The van der Waals surface area contributed by atoms with Gasteiger partial charge in [-0.05, 0) is 63.9 Å². The molecule has 3 aliphatic rings. The van der Waals surface area contributed by atoms with E-state index in [4.69, 9.17) is 4.98 Å². The summed E-state index contributed by atoms with van der Waals surface area (Å²) in [7, 11) is 0. The number of aromatic nitrogens is 1. The average molecular weight is 293 g/mol. The van der Waals surface area contributed by atoms with E-state index in [-0.39, 0.29) is 0 Å². The number of aryl methyl sites for hydroxylation is 1. The lowest BCUT2D eigenvalue weighted by atomic mass is 9.90. The minimum Gasteiger partial charge on any atom is -0.252 e. The summed E-state index contributed by atoms with van der Waals surface area (Å²) in [5.41, 5.74) is 6.69. The van der Waals surface area contributed by atoms with Gasteiger partial charge in [-0.1, -0.05) is 42.5 Å². The van der Waals surface area contributed by atoms with Gasteiger partial charge in [0.05, 0.1) is 5.52 Å². The highest BCUT2D eigenvalue weighted by Gasteiger charge is 2.19. The molecule has 1 heteroatoms. The topological polar surface area (TPSA) is 12.9 Å². The van der Waals surface area contributed by atoms with Crippen LogP contribution in [0.5, 0.6) is 0 Å². The molecule has 23 heavy (non-hydrogen) atoms. The highest BCUT2D eigenvalue weighted by Crippen LogP contribution is 2.31. The van der Waals surface area contributed by atoms with Crippen molar-refractivity contribution < 1.29 is 0 Å². The molecule has 1 aromatic heterocycles. The molecule has 0 spiro atoms. The van der Waals surface area contributed by atoms with Crippen LogP contribution in [0.1, 0.15) is 23.2 Å². The number of benzene rings is 2. The minimum atomic E-state index is 1.02. The fraction of sp³-hybridized carbons (Fsp3) is 0.136. The first-order chi connectivity index (χ1) is 11.4. The van der Waals surface area contributed by atoms with E-state index in [1.54, 1.807) is 0 Å². The van der Waals surface area contributed by atoms with Crippen molar-refractivity contribution in [3.63, 3.8) is 0 Å². The molecule has 0 atom stereocenters. The number of nitrogens with zero attached hydrogens (tertiary/aromatic N) is 1. The van der Waals surface area contributed by atoms with Crippen molar-refractivity contribution in [1.82, 2.24) is 4.98 Å². The number of hydrogen-bond donors (Lipinski definition) is 0. The van der Waals surface area contributed by atoms with Gasteiger partial charge in [0.15, 0.2) is 0 Å². The van der Waals surface area contributed by atoms with Gasteiger partial charge in [0, 0.05) is 16.5 Å². The van der Waals surface area contributed by atoms with Crippen molar-refractivity contribution in [2.45, 2.75) is 19.3 Å². The molecule has 0 unspecified atom stereocenters. The summed E-state index contributed by atoms with van der Waals surface area (Å²) in [6, 6.07) is 9.21. The van der Waals surface area contributed by atoms with E-state index in [0.29, 0.717) is 0 Å². The normalized spacial score (nSPS) is 17.0. The first-order valence-electron chi connectivity index (χ1n) is 8.35. The minimum absolute atomic E-state index is 1.02. The summed E-state index contributed by atoms with van der Waals surface area (Å²) in [4.78, 5) is 5.07. The van der Waals surface area contributed by atoms with E-state index in [1.807, 2.05) is 0 Å². The van der Waals surface area contributed by atoms with Crippen LogP contribution in [0.25, 0.3) is 39.4 Å². The van der Waals surface area contributed by atoms with Gasteiger partial charge in [-0.25, -0.2) is 0 Å². The van der Waals surface area contributed by atoms with Crippen LogP contribution in [0.3, 0.4) is 0 Å². The second-order valence-electron chi connectivity index (χ2n) is 6.74. The molecular weight excluding hydrogens is 278 g/mol. The van der Waals surface area contributed by atoms with Crippen LogP contribution in [0.15, 0.2) is 42.5 Å². The van der Waals surface area contributed by atoms with Crippen LogP contribution in [-0.2, 0) is 12.8 Å². The number of fused-ring (bicyclic) bond motifs is 3. The van der Waals surface area contributed by atoms with Crippen molar-refractivity contribution in [2.24, 2.45) is 0 Å². The van der Waals surface area contributed by atoms with Gasteiger partial charge < -0.3 is 0 Å². The maximum atomic E-state index is 5.07. The Morgan fingerprint density at radius 1 is 0.957 bits per heavy atom. The number of hydrogen-bond acceptors (Lipinski definition) is 1. The van der Waals surface area contributed by atoms with Crippen molar-refractivity contribution in [2.75, 3.05) is 0 Å². The van der Waals surface area contributed by atoms with Crippen molar-refractivity contribution in [3.05, 3.63) is 69.8 Å². The zero-order chi connectivity index (χ0) is 15.0. The van der Waals surface area contributed by atoms with Gasteiger partial charge in [0.1, 0.15) is 0 Å². The third kappa shape index (κ3) is 1.45. The summed E-state index contributed by atoms with van der Waals surface area (Å²) in [5.74, 6) is 0. The molecule has 0 bridgehead atoms. The third-order valence-electron chi connectivity index (χ3n) is 5.50. The van der Waals surface area contributed by atoms with E-state index in [0.717, 1.165) is 24.8 Å². The van der Waals surface area contributed by atoms with Crippen LogP contribution < -0.4 is 10.4 Å². The monoisotopic (exact) mass is 293 g/mol. The Labute approximate surface area is 134 Å². The van der Waals surface area contributed by atoms with Crippen molar-refractivity contribution in [3.8, 4) is 0 Å². The molecule has 6 rings (SSSR count). The highest BCUT2D eigenvalue weighted by atomic mass is 14.7. The lowest BCUT2D eigenvalue weighted by Crippen LogP contribution is -2.17. The standard InChI is InChI=1S/C22H15N/c1-2-4-16-12-20-18(11-15(16)3-1)17-9-7-13-5-6-14-8-10-19(23-20)22(17)21(13)14/h1-3,5-7,9,11-12H,4,8,10H2. The molecule has 1 nitrogen and oxygen atoms in total. The Bertz CT molecular complexity index is 1220. The predicted octanol–water partition coefficient (Wildman–Crippen LogP) is 3.40. The van der Waals surface area contributed by atoms with E-state index in [2.05, 4.69) is 54.6 Å². The van der Waals surface area contributed by atoms with Gasteiger partial charge in [-0.2, -0.15) is 0 Å². The quantitative estimate of drug-likeness (QED) is 0.579. The van der Waals surface area contributed by atoms with Crippen LogP contribution >= 0.6 is 0 Å². The van der Waals surface area contributed by atoms with Crippen LogP contribution in [0.4, 0.5) is 0 Å². The van der Waals surface area contributed by atoms with Gasteiger partial charge in [-0.15, -0.1) is 0 Å². The number of pyridine rings is 1. The Balaban J connectivity index is 1.89. The Morgan fingerprint density at radius 3 is 2.96 bits per heavy atom. The number of rotatable bonds is 0. The predicted molar refractivity (Wildman–Crippen MR) is 96.6 cm³/mol. The van der Waals surface area contributed by atoms with Gasteiger partial charge in [-0.3, -0.25) is 4.98 Å². The first kappa shape index (κ1) is 11.8.